The number of rotatable bonds is 10. The van der Waals surface area contributed by atoms with E-state index in [1.54, 1.807) is 42.9 Å². The highest BCUT2D eigenvalue weighted by molar-refractivity contribution is 6.76. The number of hydrogen-bond acceptors (Lipinski definition) is 8. The zero-order valence-corrected chi connectivity index (χ0v) is 22.7. The van der Waals surface area contributed by atoms with Gasteiger partial charge in [-0.15, -0.1) is 20.1 Å². The topological polar surface area (TPSA) is 115 Å². The lowest BCUT2D eigenvalue weighted by Gasteiger charge is -2.15. The lowest BCUT2D eigenvalue weighted by molar-refractivity contribution is 0.0848. The average Bonchev–Trinajstić information content (AvgIpc) is 3.45. The van der Waals surface area contributed by atoms with Gasteiger partial charge >= 0.3 is 6.01 Å². The predicted octanol–water partition coefficient (Wildman–Crippen LogP) is 3.73. The zero-order valence-electron chi connectivity index (χ0n) is 20.9. The van der Waals surface area contributed by atoms with Gasteiger partial charge in [-0.1, -0.05) is 42.4 Å². The molecule has 0 spiro atoms. The third kappa shape index (κ3) is 6.25. The molecule has 0 aliphatic carbocycles. The van der Waals surface area contributed by atoms with E-state index >= 15 is 0 Å². The van der Waals surface area contributed by atoms with Crippen molar-refractivity contribution in [3.8, 4) is 23.1 Å². The molecule has 0 saturated heterocycles. The number of pyridine rings is 1. The maximum absolute atomic E-state index is 12.6. The van der Waals surface area contributed by atoms with Crippen LogP contribution in [0.4, 0.5) is 0 Å². The summed E-state index contributed by atoms with van der Waals surface area (Å²) >= 11 is 6.05. The van der Waals surface area contributed by atoms with Crippen molar-refractivity contribution in [1.29, 1.82) is 0 Å². The van der Waals surface area contributed by atoms with Gasteiger partial charge in [0.25, 0.3) is 5.56 Å². The van der Waals surface area contributed by atoms with Crippen LogP contribution in [0.3, 0.4) is 0 Å². The van der Waals surface area contributed by atoms with Gasteiger partial charge in [0.2, 0.25) is 5.82 Å². The Morgan fingerprint density at radius 1 is 1.11 bits per heavy atom. The van der Waals surface area contributed by atoms with E-state index in [9.17, 15) is 4.79 Å². The van der Waals surface area contributed by atoms with Crippen molar-refractivity contribution >= 4 is 19.7 Å². The normalized spacial score (nSPS) is 12.6. The summed E-state index contributed by atoms with van der Waals surface area (Å²) in [6.07, 6.45) is 1.15. The van der Waals surface area contributed by atoms with Gasteiger partial charge in [-0.25, -0.2) is 0 Å². The third-order valence-electron chi connectivity index (χ3n) is 5.43. The van der Waals surface area contributed by atoms with Gasteiger partial charge in [-0.2, -0.15) is 0 Å². The fourth-order valence-electron chi connectivity index (χ4n) is 3.27. The van der Waals surface area contributed by atoms with E-state index in [-0.39, 0.29) is 18.3 Å². The summed E-state index contributed by atoms with van der Waals surface area (Å²) in [6.45, 7) is 9.52. The van der Waals surface area contributed by atoms with E-state index in [1.807, 2.05) is 12.1 Å². The molecule has 1 atom stereocenters. The largest absolute Gasteiger partial charge is 0.452 e. The SMILES string of the molecule is C[C@@H](Oc1nnc(-c2ccn(COCC[Si](C)(C)C)c(=O)c2)n1C)c1nnn(-c2cccc(Cl)c2)n1. The number of hydrogen-bond donors (Lipinski definition) is 0. The van der Waals surface area contributed by atoms with Crippen LogP contribution < -0.4 is 10.3 Å². The fraction of sp³-hybridized carbons (Fsp3) is 0.391. The first-order valence-electron chi connectivity index (χ1n) is 11.5. The Balaban J connectivity index is 1.42. The number of nitrogens with zero attached hydrogens (tertiary/aromatic N) is 8. The molecule has 0 amide bonds. The Kier molecular flexibility index (Phi) is 7.67. The van der Waals surface area contributed by atoms with Crippen LogP contribution in [0.5, 0.6) is 6.01 Å². The molecule has 0 bridgehead atoms. The molecule has 0 radical (unpaired) electrons. The standard InChI is InChI=1S/C23H29ClN8O3Si/c1-16(21-25-29-32(28-21)19-8-6-7-18(24)14-19)35-23-27-26-22(30(23)2)17-9-10-31(20(33)13-17)15-34-11-12-36(3,4)5/h6-10,13-14,16H,11-12,15H2,1-5H3/t16-/m1/s1. The number of tetrazole rings is 1. The van der Waals surface area contributed by atoms with Crippen molar-refractivity contribution in [2.24, 2.45) is 7.05 Å². The van der Waals surface area contributed by atoms with Crippen LogP contribution in [0, 0.1) is 0 Å². The lowest BCUT2D eigenvalue weighted by Crippen LogP contribution is -2.24. The molecular formula is C23H29ClN8O3Si. The summed E-state index contributed by atoms with van der Waals surface area (Å²) in [6, 6.07) is 11.8. The van der Waals surface area contributed by atoms with Gasteiger partial charge in [0, 0.05) is 44.6 Å². The van der Waals surface area contributed by atoms with Gasteiger partial charge in [0.15, 0.2) is 11.9 Å². The van der Waals surface area contributed by atoms with Crippen LogP contribution in [0.25, 0.3) is 17.1 Å². The number of ether oxygens (including phenoxy) is 2. The zero-order chi connectivity index (χ0) is 25.9. The molecule has 36 heavy (non-hydrogen) atoms. The summed E-state index contributed by atoms with van der Waals surface area (Å²) in [5.74, 6) is 0.868. The van der Waals surface area contributed by atoms with E-state index in [2.05, 4.69) is 45.2 Å². The minimum atomic E-state index is -1.18. The van der Waals surface area contributed by atoms with Gasteiger partial charge in [0.05, 0.1) is 5.69 Å². The van der Waals surface area contributed by atoms with E-state index in [4.69, 9.17) is 21.1 Å². The molecule has 0 N–H and O–H groups in total. The van der Waals surface area contributed by atoms with E-state index in [0.717, 1.165) is 6.04 Å². The molecule has 0 unspecified atom stereocenters. The summed E-state index contributed by atoms with van der Waals surface area (Å²) in [5, 5.41) is 21.4. The Labute approximate surface area is 214 Å². The van der Waals surface area contributed by atoms with Crippen LogP contribution in [0.15, 0.2) is 47.4 Å². The van der Waals surface area contributed by atoms with E-state index in [0.29, 0.717) is 34.5 Å². The molecule has 4 rings (SSSR count). The van der Waals surface area contributed by atoms with Gasteiger partial charge in [-0.05, 0) is 42.4 Å². The Hall–Kier alpha value is -3.35. The van der Waals surface area contributed by atoms with E-state index < -0.39 is 14.2 Å². The molecule has 1 aromatic carbocycles. The fourth-order valence-corrected chi connectivity index (χ4v) is 4.21. The molecule has 190 valence electrons. The van der Waals surface area contributed by atoms with Crippen LogP contribution in [0.1, 0.15) is 18.9 Å². The predicted molar refractivity (Wildman–Crippen MR) is 138 cm³/mol. The van der Waals surface area contributed by atoms with Gasteiger partial charge in [0.1, 0.15) is 6.73 Å². The first-order chi connectivity index (χ1) is 17.1. The van der Waals surface area contributed by atoms with Crippen LogP contribution in [-0.4, -0.2) is 54.2 Å². The monoisotopic (exact) mass is 528 g/mol. The molecule has 4 aromatic rings. The molecule has 11 nitrogen and oxygen atoms in total. The summed E-state index contributed by atoms with van der Waals surface area (Å²) in [4.78, 5) is 14.0. The molecule has 0 aliphatic heterocycles. The average molecular weight is 529 g/mol. The summed E-state index contributed by atoms with van der Waals surface area (Å²) in [7, 11) is 0.587. The molecule has 3 heterocycles. The number of aromatic nitrogens is 8. The molecule has 0 aliphatic rings. The highest BCUT2D eigenvalue weighted by Crippen LogP contribution is 2.23. The molecule has 0 saturated carbocycles. The van der Waals surface area contributed by atoms with Crippen molar-refractivity contribution in [3.63, 3.8) is 0 Å². The molecule has 0 fully saturated rings. The Bertz CT molecular complexity index is 1390. The van der Waals surface area contributed by atoms with Crippen LogP contribution in [0.2, 0.25) is 30.7 Å². The lowest BCUT2D eigenvalue weighted by atomic mass is 10.2. The molecule has 13 heteroatoms. The van der Waals surface area contributed by atoms with Crippen molar-refractivity contribution in [1.82, 2.24) is 39.5 Å². The number of benzene rings is 1. The second kappa shape index (κ2) is 10.7. The molecular weight excluding hydrogens is 500 g/mol. The highest BCUT2D eigenvalue weighted by Gasteiger charge is 2.20. The Morgan fingerprint density at radius 2 is 1.92 bits per heavy atom. The first-order valence-corrected chi connectivity index (χ1v) is 15.6. The van der Waals surface area contributed by atoms with E-state index in [1.165, 1.54) is 15.4 Å². The third-order valence-corrected chi connectivity index (χ3v) is 7.37. The second-order valence-corrected chi connectivity index (χ2v) is 15.7. The maximum Gasteiger partial charge on any atom is 0.317 e. The van der Waals surface area contributed by atoms with Crippen molar-refractivity contribution < 1.29 is 9.47 Å². The highest BCUT2D eigenvalue weighted by atomic mass is 35.5. The van der Waals surface area contributed by atoms with Gasteiger partial charge in [-0.3, -0.25) is 13.9 Å². The molecule has 3 aromatic heterocycles. The Morgan fingerprint density at radius 3 is 2.64 bits per heavy atom. The van der Waals surface area contributed by atoms with Gasteiger partial charge < -0.3 is 9.47 Å². The van der Waals surface area contributed by atoms with Crippen molar-refractivity contribution in [3.05, 3.63) is 63.8 Å². The maximum atomic E-state index is 12.6. The number of halogens is 1. The minimum Gasteiger partial charge on any atom is -0.452 e. The van der Waals surface area contributed by atoms with Crippen molar-refractivity contribution in [2.75, 3.05) is 6.61 Å². The smallest absolute Gasteiger partial charge is 0.317 e. The minimum absolute atomic E-state index is 0.179. The summed E-state index contributed by atoms with van der Waals surface area (Å²) in [5.41, 5.74) is 1.13. The quantitative estimate of drug-likeness (QED) is 0.226. The summed E-state index contributed by atoms with van der Waals surface area (Å²) < 4.78 is 14.8. The van der Waals surface area contributed by atoms with Crippen LogP contribution >= 0.6 is 11.6 Å². The second-order valence-electron chi connectivity index (χ2n) is 9.61. The first kappa shape index (κ1) is 25.7. The van der Waals surface area contributed by atoms with Crippen molar-refractivity contribution in [2.45, 2.75) is 45.4 Å². The van der Waals surface area contributed by atoms with Crippen LogP contribution in [-0.2, 0) is 18.5 Å².